The molecule has 3 rings (SSSR count). The Balaban J connectivity index is 1.73. The normalized spacial score (nSPS) is 16.0. The van der Waals surface area contributed by atoms with Gasteiger partial charge in [0.25, 0.3) is 0 Å². The molecular weight excluding hydrogens is 204 g/mol. The summed E-state index contributed by atoms with van der Waals surface area (Å²) in [7, 11) is 0. The second-order valence-electron chi connectivity index (χ2n) is 3.90. The summed E-state index contributed by atoms with van der Waals surface area (Å²) < 4.78 is 5.21. The third-order valence-corrected chi connectivity index (χ3v) is 2.68. The van der Waals surface area contributed by atoms with Crippen molar-refractivity contribution in [2.24, 2.45) is 0 Å². The van der Waals surface area contributed by atoms with E-state index in [0.29, 0.717) is 18.2 Å². The predicted octanol–water partition coefficient (Wildman–Crippen LogP) is 0.742. The molecule has 0 aromatic carbocycles. The maximum Gasteiger partial charge on any atom is 0.232 e. The molecule has 16 heavy (non-hydrogen) atoms. The summed E-state index contributed by atoms with van der Waals surface area (Å²) in [5.41, 5.74) is 0.960. The van der Waals surface area contributed by atoms with E-state index >= 15 is 0 Å². The van der Waals surface area contributed by atoms with Crippen LogP contribution < -0.4 is 5.32 Å². The third kappa shape index (κ3) is 1.81. The van der Waals surface area contributed by atoms with Crippen LogP contribution >= 0.6 is 0 Å². The molecule has 1 saturated heterocycles. The first-order valence-corrected chi connectivity index (χ1v) is 5.35. The number of hydrogen-bond acceptors (Lipinski definition) is 5. The lowest BCUT2D eigenvalue weighted by molar-refractivity contribution is 0.306. The van der Waals surface area contributed by atoms with Gasteiger partial charge in [0.1, 0.15) is 0 Å². The highest BCUT2D eigenvalue weighted by atomic mass is 16.5. The van der Waals surface area contributed by atoms with Gasteiger partial charge in [0.2, 0.25) is 5.89 Å². The molecule has 0 aliphatic carbocycles. The minimum atomic E-state index is 0.394. The van der Waals surface area contributed by atoms with Gasteiger partial charge in [-0.1, -0.05) is 11.2 Å². The molecule has 1 aliphatic heterocycles. The monoisotopic (exact) mass is 216 g/mol. The fraction of sp³-hybridized carbons (Fsp3) is 0.364. The van der Waals surface area contributed by atoms with Crippen LogP contribution in [-0.4, -0.2) is 28.2 Å². The molecule has 1 aliphatic rings. The van der Waals surface area contributed by atoms with Crippen molar-refractivity contribution >= 4 is 0 Å². The number of hydrogen-bond donors (Lipinski definition) is 1. The molecule has 3 heterocycles. The van der Waals surface area contributed by atoms with Crippen LogP contribution in [0.2, 0.25) is 0 Å². The van der Waals surface area contributed by atoms with Crippen LogP contribution in [0, 0.1) is 0 Å². The number of rotatable bonds is 3. The van der Waals surface area contributed by atoms with Crippen LogP contribution in [0.5, 0.6) is 0 Å². The standard InChI is InChI=1S/C11H12N4O/c1-2-4-13-9(3-1)5-10-14-11(16-15-10)8-6-12-7-8/h1-4,8,12H,5-7H2. The Labute approximate surface area is 92.9 Å². The van der Waals surface area contributed by atoms with E-state index in [-0.39, 0.29) is 0 Å². The lowest BCUT2D eigenvalue weighted by Crippen LogP contribution is -2.40. The zero-order valence-electron chi connectivity index (χ0n) is 8.76. The van der Waals surface area contributed by atoms with Gasteiger partial charge in [-0.25, -0.2) is 0 Å². The van der Waals surface area contributed by atoms with Crippen molar-refractivity contribution in [1.82, 2.24) is 20.4 Å². The van der Waals surface area contributed by atoms with Gasteiger partial charge in [0.15, 0.2) is 5.82 Å². The molecule has 5 nitrogen and oxygen atoms in total. The third-order valence-electron chi connectivity index (χ3n) is 2.68. The smallest absolute Gasteiger partial charge is 0.232 e. The highest BCUT2D eigenvalue weighted by Gasteiger charge is 2.24. The van der Waals surface area contributed by atoms with E-state index in [4.69, 9.17) is 4.52 Å². The van der Waals surface area contributed by atoms with Gasteiger partial charge in [0, 0.05) is 25.0 Å². The Morgan fingerprint density at radius 3 is 3.00 bits per heavy atom. The predicted molar refractivity (Wildman–Crippen MR) is 57.0 cm³/mol. The van der Waals surface area contributed by atoms with E-state index in [1.54, 1.807) is 6.20 Å². The molecule has 5 heteroatoms. The second kappa shape index (κ2) is 4.02. The zero-order chi connectivity index (χ0) is 10.8. The molecule has 1 N–H and O–H groups in total. The summed E-state index contributed by atoms with van der Waals surface area (Å²) in [6, 6.07) is 5.81. The fourth-order valence-electron chi connectivity index (χ4n) is 1.63. The first-order valence-electron chi connectivity index (χ1n) is 5.35. The Morgan fingerprint density at radius 2 is 2.31 bits per heavy atom. The summed E-state index contributed by atoms with van der Waals surface area (Å²) in [5, 5.41) is 7.14. The summed E-state index contributed by atoms with van der Waals surface area (Å²) >= 11 is 0. The molecule has 0 bridgehead atoms. The molecule has 0 amide bonds. The molecule has 1 fully saturated rings. The SMILES string of the molecule is c1ccc(Cc2noc(C3CNC3)n2)nc1. The van der Waals surface area contributed by atoms with Gasteiger partial charge in [-0.2, -0.15) is 4.98 Å². The van der Waals surface area contributed by atoms with Crippen molar-refractivity contribution < 1.29 is 4.52 Å². The summed E-state index contributed by atoms with van der Waals surface area (Å²) in [5.74, 6) is 1.84. The molecular formula is C11H12N4O. The topological polar surface area (TPSA) is 63.8 Å². The molecule has 0 spiro atoms. The van der Waals surface area contributed by atoms with Crippen LogP contribution in [0.25, 0.3) is 0 Å². The van der Waals surface area contributed by atoms with Crippen molar-refractivity contribution in [3.8, 4) is 0 Å². The summed E-state index contributed by atoms with van der Waals surface area (Å²) in [6.45, 7) is 1.87. The Morgan fingerprint density at radius 1 is 1.38 bits per heavy atom. The van der Waals surface area contributed by atoms with Gasteiger partial charge >= 0.3 is 0 Å². The molecule has 0 unspecified atom stereocenters. The quantitative estimate of drug-likeness (QED) is 0.820. The largest absolute Gasteiger partial charge is 0.339 e. The Hall–Kier alpha value is -1.75. The van der Waals surface area contributed by atoms with Crippen LogP contribution in [-0.2, 0) is 6.42 Å². The molecule has 0 saturated carbocycles. The van der Waals surface area contributed by atoms with Crippen molar-refractivity contribution in [3.63, 3.8) is 0 Å². The molecule has 2 aromatic heterocycles. The number of pyridine rings is 1. The van der Waals surface area contributed by atoms with Crippen LogP contribution in [0.4, 0.5) is 0 Å². The lowest BCUT2D eigenvalue weighted by Gasteiger charge is -2.22. The summed E-state index contributed by atoms with van der Waals surface area (Å²) in [4.78, 5) is 8.60. The van der Waals surface area contributed by atoms with Crippen molar-refractivity contribution in [2.75, 3.05) is 13.1 Å². The van der Waals surface area contributed by atoms with E-state index in [2.05, 4.69) is 20.4 Å². The van der Waals surface area contributed by atoms with Gasteiger partial charge in [-0.3, -0.25) is 4.98 Å². The average Bonchev–Trinajstić information content (AvgIpc) is 2.65. The van der Waals surface area contributed by atoms with E-state index in [1.807, 2.05) is 18.2 Å². The highest BCUT2D eigenvalue weighted by molar-refractivity contribution is 5.10. The van der Waals surface area contributed by atoms with E-state index < -0.39 is 0 Å². The van der Waals surface area contributed by atoms with Crippen molar-refractivity contribution in [1.29, 1.82) is 0 Å². The summed E-state index contributed by atoms with van der Waals surface area (Å²) in [6.07, 6.45) is 2.40. The maximum absolute atomic E-state index is 5.21. The van der Waals surface area contributed by atoms with Gasteiger partial charge in [0.05, 0.1) is 12.3 Å². The number of nitrogens with one attached hydrogen (secondary N) is 1. The average molecular weight is 216 g/mol. The van der Waals surface area contributed by atoms with Crippen molar-refractivity contribution in [3.05, 3.63) is 41.8 Å². The van der Waals surface area contributed by atoms with Gasteiger partial charge < -0.3 is 9.84 Å². The first kappa shape index (κ1) is 9.47. The zero-order valence-corrected chi connectivity index (χ0v) is 8.76. The highest BCUT2D eigenvalue weighted by Crippen LogP contribution is 2.17. The van der Waals surface area contributed by atoms with Crippen molar-refractivity contribution in [2.45, 2.75) is 12.3 Å². The van der Waals surface area contributed by atoms with E-state index in [0.717, 1.165) is 24.7 Å². The van der Waals surface area contributed by atoms with Crippen LogP contribution in [0.1, 0.15) is 23.3 Å². The van der Waals surface area contributed by atoms with Crippen LogP contribution in [0.15, 0.2) is 28.9 Å². The van der Waals surface area contributed by atoms with E-state index in [9.17, 15) is 0 Å². The fourth-order valence-corrected chi connectivity index (χ4v) is 1.63. The second-order valence-corrected chi connectivity index (χ2v) is 3.90. The number of nitrogens with zero attached hydrogens (tertiary/aromatic N) is 3. The maximum atomic E-state index is 5.21. The minimum Gasteiger partial charge on any atom is -0.339 e. The van der Waals surface area contributed by atoms with E-state index in [1.165, 1.54) is 0 Å². The first-order chi connectivity index (χ1) is 7.92. The molecule has 2 aromatic rings. The molecule has 0 radical (unpaired) electrons. The molecule has 82 valence electrons. The van der Waals surface area contributed by atoms with Crippen LogP contribution in [0.3, 0.4) is 0 Å². The minimum absolute atomic E-state index is 0.394. The number of aromatic nitrogens is 3. The van der Waals surface area contributed by atoms with Gasteiger partial charge in [-0.15, -0.1) is 0 Å². The Kier molecular flexibility index (Phi) is 2.38. The lowest BCUT2D eigenvalue weighted by atomic mass is 10.0. The molecule has 0 atom stereocenters. The van der Waals surface area contributed by atoms with Gasteiger partial charge in [-0.05, 0) is 12.1 Å². The Bertz CT molecular complexity index is 464.